The zero-order chi connectivity index (χ0) is 14.5. The van der Waals surface area contributed by atoms with Gasteiger partial charge < -0.3 is 10.2 Å². The fourth-order valence-corrected chi connectivity index (χ4v) is 1.91. The summed E-state index contributed by atoms with van der Waals surface area (Å²) < 4.78 is 0. The Hall–Kier alpha value is -1.32. The molecule has 4 nitrogen and oxygen atoms in total. The molecule has 0 heterocycles. The van der Waals surface area contributed by atoms with Gasteiger partial charge in [0.05, 0.1) is 12.3 Å². The van der Waals surface area contributed by atoms with Crippen LogP contribution < -0.4 is 0 Å². The minimum absolute atomic E-state index is 0.344. The van der Waals surface area contributed by atoms with Crippen molar-refractivity contribution in [2.45, 2.75) is 64.7 Å². The Labute approximate surface area is 115 Å². The summed E-state index contributed by atoms with van der Waals surface area (Å²) in [5, 5.41) is 17.4. The van der Waals surface area contributed by atoms with E-state index in [0.29, 0.717) is 0 Å². The summed E-state index contributed by atoms with van der Waals surface area (Å²) in [6, 6.07) is 0. The molecular weight excluding hydrogens is 244 g/mol. The Kier molecular flexibility index (Phi) is 10.9. The lowest BCUT2D eigenvalue weighted by Gasteiger charge is -2.03. The first-order valence-corrected chi connectivity index (χ1v) is 7.19. The van der Waals surface area contributed by atoms with Crippen molar-refractivity contribution in [1.82, 2.24) is 0 Å². The third kappa shape index (κ3) is 11.5. The van der Waals surface area contributed by atoms with Gasteiger partial charge in [-0.3, -0.25) is 9.59 Å². The maximum absolute atomic E-state index is 10.8. The van der Waals surface area contributed by atoms with E-state index in [2.05, 4.69) is 6.92 Å². The normalized spacial score (nSPS) is 12.7. The fourth-order valence-electron chi connectivity index (χ4n) is 1.91. The minimum atomic E-state index is -1.08. The number of rotatable bonds is 12. The summed E-state index contributed by atoms with van der Waals surface area (Å²) in [6.07, 6.45) is 12.3. The number of allylic oxidation sites excluding steroid dienone is 1. The van der Waals surface area contributed by atoms with Gasteiger partial charge >= 0.3 is 11.9 Å². The third-order valence-electron chi connectivity index (χ3n) is 3.05. The summed E-state index contributed by atoms with van der Waals surface area (Å²) in [5.41, 5.74) is 0. The highest BCUT2D eigenvalue weighted by molar-refractivity contribution is 5.79. The molecule has 0 rings (SSSR count). The number of carboxylic acids is 2. The second-order valence-electron chi connectivity index (χ2n) is 4.88. The molecule has 19 heavy (non-hydrogen) atoms. The van der Waals surface area contributed by atoms with Crippen molar-refractivity contribution in [3.63, 3.8) is 0 Å². The molecule has 0 saturated heterocycles. The molecule has 1 unspecified atom stereocenters. The Bertz CT molecular complexity index is 284. The van der Waals surface area contributed by atoms with Crippen LogP contribution in [0.25, 0.3) is 0 Å². The van der Waals surface area contributed by atoms with Crippen molar-refractivity contribution in [2.75, 3.05) is 0 Å². The Balaban J connectivity index is 3.64. The summed E-state index contributed by atoms with van der Waals surface area (Å²) in [6.45, 7) is 2.20. The van der Waals surface area contributed by atoms with Gasteiger partial charge in [0, 0.05) is 0 Å². The zero-order valence-electron chi connectivity index (χ0n) is 11.8. The molecule has 0 aromatic heterocycles. The van der Waals surface area contributed by atoms with E-state index in [9.17, 15) is 9.59 Å². The minimum Gasteiger partial charge on any atom is -0.481 e. The largest absolute Gasteiger partial charge is 0.481 e. The molecule has 0 aliphatic heterocycles. The van der Waals surface area contributed by atoms with Crippen LogP contribution in [0, 0.1) is 5.92 Å². The van der Waals surface area contributed by atoms with Gasteiger partial charge in [-0.2, -0.15) is 0 Å². The number of hydrogen-bond donors (Lipinski definition) is 2. The van der Waals surface area contributed by atoms with E-state index in [4.69, 9.17) is 10.2 Å². The molecule has 1 atom stereocenters. The number of hydrogen-bond acceptors (Lipinski definition) is 2. The predicted molar refractivity (Wildman–Crippen MR) is 75.1 cm³/mol. The molecule has 0 aromatic carbocycles. The third-order valence-corrected chi connectivity index (χ3v) is 3.05. The van der Waals surface area contributed by atoms with E-state index in [0.717, 1.165) is 19.3 Å². The van der Waals surface area contributed by atoms with E-state index in [1.807, 2.05) is 0 Å². The quantitative estimate of drug-likeness (QED) is 0.417. The van der Waals surface area contributed by atoms with Gasteiger partial charge in [-0.05, 0) is 12.8 Å². The van der Waals surface area contributed by atoms with Crippen LogP contribution in [0.15, 0.2) is 12.2 Å². The highest BCUT2D eigenvalue weighted by Crippen LogP contribution is 2.10. The molecule has 0 aliphatic rings. The van der Waals surface area contributed by atoms with E-state index < -0.39 is 17.9 Å². The molecule has 0 aromatic rings. The van der Waals surface area contributed by atoms with Gasteiger partial charge in [-0.25, -0.2) is 0 Å². The zero-order valence-corrected chi connectivity index (χ0v) is 11.8. The van der Waals surface area contributed by atoms with Gasteiger partial charge in [0.2, 0.25) is 0 Å². The van der Waals surface area contributed by atoms with E-state index in [1.165, 1.54) is 38.2 Å². The lowest BCUT2D eigenvalue weighted by Crippen LogP contribution is -2.15. The lowest BCUT2D eigenvalue weighted by molar-refractivity contribution is -0.146. The van der Waals surface area contributed by atoms with E-state index >= 15 is 0 Å². The number of carboxylic acid groups (broad SMARTS) is 2. The van der Waals surface area contributed by atoms with Crippen molar-refractivity contribution in [3.8, 4) is 0 Å². The maximum atomic E-state index is 10.8. The van der Waals surface area contributed by atoms with Gasteiger partial charge in [0.15, 0.2) is 0 Å². The van der Waals surface area contributed by atoms with Crippen molar-refractivity contribution in [2.24, 2.45) is 5.92 Å². The van der Waals surface area contributed by atoms with Crippen LogP contribution in [0.2, 0.25) is 0 Å². The first-order valence-electron chi connectivity index (χ1n) is 7.19. The second-order valence-corrected chi connectivity index (χ2v) is 4.88. The van der Waals surface area contributed by atoms with E-state index in [-0.39, 0.29) is 6.42 Å². The summed E-state index contributed by atoms with van der Waals surface area (Å²) in [4.78, 5) is 21.3. The SMILES string of the molecule is CCCCCCCCCC=CC(CC(=O)O)C(=O)O. The van der Waals surface area contributed by atoms with E-state index in [1.54, 1.807) is 6.08 Å². The molecule has 0 radical (unpaired) electrons. The van der Waals surface area contributed by atoms with Gasteiger partial charge in [-0.15, -0.1) is 0 Å². The van der Waals surface area contributed by atoms with Crippen molar-refractivity contribution >= 4 is 11.9 Å². The highest BCUT2D eigenvalue weighted by Gasteiger charge is 2.17. The van der Waals surface area contributed by atoms with Crippen LogP contribution in [0.1, 0.15) is 64.7 Å². The molecule has 4 heteroatoms. The molecule has 0 bridgehead atoms. The Morgan fingerprint density at radius 1 is 1.00 bits per heavy atom. The van der Waals surface area contributed by atoms with Crippen LogP contribution in [0.3, 0.4) is 0 Å². The first kappa shape index (κ1) is 17.7. The monoisotopic (exact) mass is 270 g/mol. The molecule has 2 N–H and O–H groups in total. The van der Waals surface area contributed by atoms with Crippen molar-refractivity contribution in [1.29, 1.82) is 0 Å². The summed E-state index contributed by atoms with van der Waals surface area (Å²) in [7, 11) is 0. The molecular formula is C15H26O4. The Morgan fingerprint density at radius 3 is 2.11 bits per heavy atom. The number of unbranched alkanes of at least 4 members (excludes halogenated alkanes) is 7. The van der Waals surface area contributed by atoms with Gasteiger partial charge in [0.25, 0.3) is 0 Å². The fraction of sp³-hybridized carbons (Fsp3) is 0.733. The number of carbonyl (C=O) groups is 2. The predicted octanol–water partition coefficient (Wildman–Crippen LogP) is 3.86. The van der Waals surface area contributed by atoms with Crippen LogP contribution in [0.5, 0.6) is 0 Å². The van der Waals surface area contributed by atoms with Crippen LogP contribution >= 0.6 is 0 Å². The second kappa shape index (κ2) is 11.8. The average Bonchev–Trinajstić information content (AvgIpc) is 2.34. The van der Waals surface area contributed by atoms with Gasteiger partial charge in [-0.1, -0.05) is 57.6 Å². The van der Waals surface area contributed by atoms with Crippen LogP contribution in [0.4, 0.5) is 0 Å². The molecule has 0 amide bonds. The summed E-state index contributed by atoms with van der Waals surface area (Å²) in [5.74, 6) is -3.05. The maximum Gasteiger partial charge on any atom is 0.310 e. The highest BCUT2D eigenvalue weighted by atomic mass is 16.4. The number of aliphatic carboxylic acids is 2. The topological polar surface area (TPSA) is 74.6 Å². The first-order chi connectivity index (χ1) is 9.07. The molecule has 110 valence electrons. The van der Waals surface area contributed by atoms with Gasteiger partial charge in [0.1, 0.15) is 0 Å². The van der Waals surface area contributed by atoms with Crippen LogP contribution in [-0.4, -0.2) is 22.2 Å². The summed E-state index contributed by atoms with van der Waals surface area (Å²) >= 11 is 0. The molecule has 0 spiro atoms. The molecule has 0 fully saturated rings. The average molecular weight is 270 g/mol. The molecule has 0 aliphatic carbocycles. The van der Waals surface area contributed by atoms with Crippen molar-refractivity contribution in [3.05, 3.63) is 12.2 Å². The van der Waals surface area contributed by atoms with Crippen LogP contribution in [-0.2, 0) is 9.59 Å². The smallest absolute Gasteiger partial charge is 0.310 e. The standard InChI is InChI=1S/C15H26O4/c1-2-3-4-5-6-7-8-9-10-11-13(15(18)19)12-14(16)17/h10-11,13H,2-9,12H2,1H3,(H,16,17)(H,18,19). The molecule has 0 saturated carbocycles. The van der Waals surface area contributed by atoms with Crippen molar-refractivity contribution < 1.29 is 19.8 Å². The Morgan fingerprint density at radius 2 is 1.58 bits per heavy atom. The lowest BCUT2D eigenvalue weighted by atomic mass is 10.0.